The lowest BCUT2D eigenvalue weighted by Crippen LogP contribution is -2.24. The molecule has 0 radical (unpaired) electrons. The van der Waals surface area contributed by atoms with Crippen LogP contribution in [0.1, 0.15) is 81.3 Å². The maximum atomic E-state index is 10.3. The molecule has 2 aromatic carbocycles. The maximum Gasteiger partial charge on any atom is 0.150 e. The molecule has 2 unspecified atom stereocenters. The number of hydrogen-bond acceptors (Lipinski definition) is 3. The highest BCUT2D eigenvalue weighted by Crippen LogP contribution is 2.39. The Bertz CT molecular complexity index is 812. The molecule has 1 aliphatic heterocycles. The van der Waals surface area contributed by atoms with Gasteiger partial charge in [0.05, 0.1) is 0 Å². The highest BCUT2D eigenvalue weighted by Gasteiger charge is 2.29. The van der Waals surface area contributed by atoms with E-state index in [0.29, 0.717) is 11.0 Å². The van der Waals surface area contributed by atoms with Gasteiger partial charge in [-0.15, -0.1) is 0 Å². The molecular weight excluding hydrogens is 394 g/mol. The Morgan fingerprint density at radius 2 is 1.75 bits per heavy atom. The van der Waals surface area contributed by atoms with E-state index in [1.54, 1.807) is 12.1 Å². The van der Waals surface area contributed by atoms with E-state index in [4.69, 9.17) is 5.11 Å². The van der Waals surface area contributed by atoms with Gasteiger partial charge in [-0.25, -0.2) is 0 Å². The number of allylic oxidation sites excluding steroid dienone is 2. The molecule has 0 amide bonds. The molecule has 0 aromatic heterocycles. The second-order valence-electron chi connectivity index (χ2n) is 8.37. The molecule has 2 atom stereocenters. The molecule has 3 nitrogen and oxygen atoms in total. The van der Waals surface area contributed by atoms with Crippen molar-refractivity contribution in [2.45, 2.75) is 66.2 Å². The van der Waals surface area contributed by atoms with Gasteiger partial charge in [-0.05, 0) is 48.3 Å². The van der Waals surface area contributed by atoms with Crippen LogP contribution in [0, 0.1) is 5.41 Å². The Morgan fingerprint density at radius 3 is 2.31 bits per heavy atom. The SMILES string of the molecule is CC.CC(CO)c1ccc(C=O)cc1.CC/C=C\C1(CC)CCN(C)c2ccccc2C1. The second-order valence-corrected chi connectivity index (χ2v) is 8.37. The molecular formula is C29H43NO2. The zero-order chi connectivity index (χ0) is 24.0. The van der Waals surface area contributed by atoms with E-state index in [9.17, 15) is 4.79 Å². The number of para-hydroxylation sites is 1. The third-order valence-electron chi connectivity index (χ3n) is 6.22. The van der Waals surface area contributed by atoms with Gasteiger partial charge in [0, 0.05) is 37.4 Å². The first-order valence-corrected chi connectivity index (χ1v) is 12.1. The summed E-state index contributed by atoms with van der Waals surface area (Å²) in [4.78, 5) is 12.7. The number of nitrogens with zero attached hydrogens (tertiary/aromatic N) is 1. The molecule has 0 fully saturated rings. The van der Waals surface area contributed by atoms with Crippen LogP contribution in [-0.2, 0) is 6.42 Å². The lowest BCUT2D eigenvalue weighted by atomic mass is 9.76. The Morgan fingerprint density at radius 1 is 1.09 bits per heavy atom. The summed E-state index contributed by atoms with van der Waals surface area (Å²) in [6.07, 6.45) is 10.4. The number of fused-ring (bicyclic) bond motifs is 1. The normalized spacial score (nSPS) is 18.4. The zero-order valence-electron chi connectivity index (χ0n) is 21.0. The summed E-state index contributed by atoms with van der Waals surface area (Å²) in [6, 6.07) is 16.1. The predicted octanol–water partition coefficient (Wildman–Crippen LogP) is 7.05. The van der Waals surface area contributed by atoms with E-state index in [1.165, 1.54) is 30.5 Å². The Labute approximate surface area is 196 Å². The first-order valence-electron chi connectivity index (χ1n) is 12.1. The number of anilines is 1. The molecule has 32 heavy (non-hydrogen) atoms. The minimum absolute atomic E-state index is 0.139. The van der Waals surface area contributed by atoms with Gasteiger partial charge in [0.2, 0.25) is 0 Å². The third-order valence-corrected chi connectivity index (χ3v) is 6.22. The van der Waals surface area contributed by atoms with E-state index >= 15 is 0 Å². The van der Waals surface area contributed by atoms with Gasteiger partial charge in [0.1, 0.15) is 6.29 Å². The van der Waals surface area contributed by atoms with Gasteiger partial charge in [-0.2, -0.15) is 0 Å². The molecule has 3 heteroatoms. The van der Waals surface area contributed by atoms with Gasteiger partial charge in [-0.3, -0.25) is 4.79 Å². The Kier molecular flexibility index (Phi) is 12.6. The fourth-order valence-corrected chi connectivity index (χ4v) is 3.95. The molecule has 1 heterocycles. The number of aliphatic hydroxyl groups is 1. The smallest absolute Gasteiger partial charge is 0.150 e. The molecule has 0 bridgehead atoms. The van der Waals surface area contributed by atoms with Gasteiger partial charge < -0.3 is 10.0 Å². The number of carbonyl (C=O) groups excluding carboxylic acids is 1. The Hall–Kier alpha value is -2.39. The fraction of sp³-hybridized carbons (Fsp3) is 0.483. The second kappa shape index (κ2) is 14.6. The molecule has 0 saturated carbocycles. The fourth-order valence-electron chi connectivity index (χ4n) is 3.95. The van der Waals surface area contributed by atoms with Crippen molar-refractivity contribution in [3.63, 3.8) is 0 Å². The van der Waals surface area contributed by atoms with Gasteiger partial charge >= 0.3 is 0 Å². The van der Waals surface area contributed by atoms with Crippen molar-refractivity contribution in [1.29, 1.82) is 0 Å². The summed E-state index contributed by atoms with van der Waals surface area (Å²) in [6.45, 7) is 11.8. The summed E-state index contributed by atoms with van der Waals surface area (Å²) >= 11 is 0. The standard InChI is InChI=1S/C17H25N.C10H12O2.C2H6/c1-4-6-11-17(5-2)12-13-18(3)16-10-8-7-9-15(16)14-17;1-8(6-11)10-4-2-9(7-12)3-5-10;1-2/h6-11H,4-5,12-14H2,1-3H3;2-5,7-8,11H,6H2,1H3;1-2H3/b11-6-;;. The number of carbonyl (C=O) groups is 1. The molecule has 0 aliphatic carbocycles. The average molecular weight is 438 g/mol. The van der Waals surface area contributed by atoms with Crippen molar-refractivity contribution in [2.75, 3.05) is 25.1 Å². The summed E-state index contributed by atoms with van der Waals surface area (Å²) in [5, 5.41) is 8.85. The maximum absolute atomic E-state index is 10.3. The van der Waals surface area contributed by atoms with E-state index in [-0.39, 0.29) is 12.5 Å². The quantitative estimate of drug-likeness (QED) is 0.389. The van der Waals surface area contributed by atoms with Crippen molar-refractivity contribution in [3.05, 3.63) is 77.4 Å². The number of aldehydes is 1. The first-order chi connectivity index (χ1) is 15.5. The number of aliphatic hydroxyl groups excluding tert-OH is 1. The van der Waals surface area contributed by atoms with Crippen LogP contribution in [0.5, 0.6) is 0 Å². The molecule has 0 saturated heterocycles. The number of rotatable bonds is 6. The monoisotopic (exact) mass is 437 g/mol. The van der Waals surface area contributed by atoms with Crippen LogP contribution in [0.3, 0.4) is 0 Å². The van der Waals surface area contributed by atoms with Crippen LogP contribution < -0.4 is 4.90 Å². The summed E-state index contributed by atoms with van der Waals surface area (Å²) in [7, 11) is 2.22. The van der Waals surface area contributed by atoms with Gasteiger partial charge in [0.25, 0.3) is 0 Å². The minimum atomic E-state index is 0.139. The van der Waals surface area contributed by atoms with Crippen LogP contribution in [0.25, 0.3) is 0 Å². The highest BCUT2D eigenvalue weighted by atomic mass is 16.3. The van der Waals surface area contributed by atoms with Crippen LogP contribution in [0.2, 0.25) is 0 Å². The lowest BCUT2D eigenvalue weighted by molar-refractivity contribution is 0.112. The van der Waals surface area contributed by atoms with E-state index in [2.05, 4.69) is 62.2 Å². The highest BCUT2D eigenvalue weighted by molar-refractivity contribution is 5.74. The summed E-state index contributed by atoms with van der Waals surface area (Å²) in [5.41, 5.74) is 5.00. The Balaban J connectivity index is 0.000000318. The molecule has 176 valence electrons. The van der Waals surface area contributed by atoms with Crippen LogP contribution in [-0.4, -0.2) is 31.6 Å². The molecule has 1 N–H and O–H groups in total. The zero-order valence-corrected chi connectivity index (χ0v) is 21.0. The van der Waals surface area contributed by atoms with Crippen molar-refractivity contribution in [3.8, 4) is 0 Å². The molecule has 2 aromatic rings. The number of hydrogen-bond donors (Lipinski definition) is 1. The predicted molar refractivity (Wildman–Crippen MR) is 139 cm³/mol. The molecule has 1 aliphatic rings. The molecule has 0 spiro atoms. The van der Waals surface area contributed by atoms with E-state index in [1.807, 2.05) is 32.9 Å². The lowest BCUT2D eigenvalue weighted by Gasteiger charge is -2.28. The third kappa shape index (κ3) is 7.94. The van der Waals surface area contributed by atoms with Crippen LogP contribution in [0.15, 0.2) is 60.7 Å². The van der Waals surface area contributed by atoms with Crippen molar-refractivity contribution < 1.29 is 9.90 Å². The van der Waals surface area contributed by atoms with Crippen LogP contribution >= 0.6 is 0 Å². The number of benzene rings is 2. The van der Waals surface area contributed by atoms with Gasteiger partial charge in [0.15, 0.2) is 0 Å². The van der Waals surface area contributed by atoms with E-state index < -0.39 is 0 Å². The van der Waals surface area contributed by atoms with Crippen LogP contribution in [0.4, 0.5) is 5.69 Å². The summed E-state index contributed by atoms with van der Waals surface area (Å²) in [5.74, 6) is 0.144. The van der Waals surface area contributed by atoms with Crippen molar-refractivity contribution >= 4 is 12.0 Å². The van der Waals surface area contributed by atoms with Gasteiger partial charge in [-0.1, -0.05) is 89.2 Å². The van der Waals surface area contributed by atoms with E-state index in [0.717, 1.165) is 24.8 Å². The summed E-state index contributed by atoms with van der Waals surface area (Å²) < 4.78 is 0. The molecule has 3 rings (SSSR count). The topological polar surface area (TPSA) is 40.5 Å². The average Bonchev–Trinajstić information content (AvgIpc) is 3.01. The largest absolute Gasteiger partial charge is 0.396 e. The van der Waals surface area contributed by atoms with Crippen molar-refractivity contribution in [1.82, 2.24) is 0 Å². The first kappa shape index (κ1) is 27.6. The minimum Gasteiger partial charge on any atom is -0.396 e. The van der Waals surface area contributed by atoms with Crippen molar-refractivity contribution in [2.24, 2.45) is 5.41 Å².